The zero-order valence-corrected chi connectivity index (χ0v) is 10.9. The summed E-state index contributed by atoms with van der Waals surface area (Å²) in [4.78, 5) is 11.2. The summed E-state index contributed by atoms with van der Waals surface area (Å²) in [5, 5.41) is 0. The number of benzene rings is 1. The quantitative estimate of drug-likeness (QED) is 0.682. The third kappa shape index (κ3) is 3.86. The van der Waals surface area contributed by atoms with Gasteiger partial charge in [-0.25, -0.2) is 0 Å². The van der Waals surface area contributed by atoms with Crippen molar-refractivity contribution >= 4 is 21.5 Å². The van der Waals surface area contributed by atoms with Gasteiger partial charge in [-0.15, -0.1) is 0 Å². The molecule has 1 aromatic carbocycles. The van der Waals surface area contributed by atoms with E-state index in [0.29, 0.717) is 12.1 Å². The van der Waals surface area contributed by atoms with Gasteiger partial charge >= 0.3 is 21.7 Å². The highest BCUT2D eigenvalue weighted by molar-refractivity contribution is 7.93. The fourth-order valence-electron chi connectivity index (χ4n) is 1.30. The number of nitrogens with one attached hydrogen (secondary N) is 1. The molecule has 1 aromatic rings. The van der Waals surface area contributed by atoms with Gasteiger partial charge in [-0.3, -0.25) is 9.52 Å². The maximum atomic E-state index is 12.5. The topological polar surface area (TPSA) is 63.2 Å². The van der Waals surface area contributed by atoms with Gasteiger partial charge in [0.2, 0.25) is 0 Å². The average molecular weight is 335 g/mol. The van der Waals surface area contributed by atoms with E-state index in [1.165, 1.54) is 0 Å². The number of carbonyl (C=O) groups is 1. The molecule has 0 saturated carbocycles. The maximum absolute atomic E-state index is 12.5. The molecular formula is C10H7F6NO3S. The minimum absolute atomic E-state index is 0.274. The second-order valence-corrected chi connectivity index (χ2v) is 5.54. The molecule has 0 spiro atoms. The molecule has 0 atom stereocenters. The second kappa shape index (κ2) is 5.20. The Morgan fingerprint density at radius 3 is 2.00 bits per heavy atom. The highest BCUT2D eigenvalue weighted by Crippen LogP contribution is 2.33. The predicted molar refractivity (Wildman–Crippen MR) is 60.0 cm³/mol. The van der Waals surface area contributed by atoms with Crippen molar-refractivity contribution < 1.29 is 39.6 Å². The van der Waals surface area contributed by atoms with E-state index in [0.717, 1.165) is 11.6 Å². The largest absolute Gasteiger partial charge is 0.516 e. The number of hydrogen-bond acceptors (Lipinski definition) is 3. The Kier molecular flexibility index (Phi) is 4.28. The first-order valence-corrected chi connectivity index (χ1v) is 6.55. The number of carbonyl (C=O) groups excluding carboxylic acids is 1. The smallest absolute Gasteiger partial charge is 0.294 e. The van der Waals surface area contributed by atoms with Crippen molar-refractivity contribution in [3.63, 3.8) is 0 Å². The fourth-order valence-corrected chi connectivity index (χ4v) is 1.89. The molecule has 118 valence electrons. The maximum Gasteiger partial charge on any atom is 0.516 e. The van der Waals surface area contributed by atoms with E-state index in [9.17, 15) is 39.6 Å². The number of hydrogen-bond donors (Lipinski definition) is 1. The van der Waals surface area contributed by atoms with Crippen LogP contribution in [0.25, 0.3) is 0 Å². The van der Waals surface area contributed by atoms with Crippen LogP contribution >= 0.6 is 0 Å². The van der Waals surface area contributed by atoms with E-state index in [1.54, 1.807) is 0 Å². The Morgan fingerprint density at radius 1 is 1.10 bits per heavy atom. The monoisotopic (exact) mass is 335 g/mol. The molecule has 0 unspecified atom stereocenters. The summed E-state index contributed by atoms with van der Waals surface area (Å²) in [5.41, 5.74) is -8.66. The third-order valence-corrected chi connectivity index (χ3v) is 3.37. The molecule has 0 bridgehead atoms. The molecule has 0 saturated heterocycles. The van der Waals surface area contributed by atoms with Gasteiger partial charge in [-0.1, -0.05) is 0 Å². The molecule has 0 aliphatic carbocycles. The minimum Gasteiger partial charge on any atom is -0.294 e. The average Bonchev–Trinajstić information content (AvgIpc) is 2.25. The number of halogens is 6. The molecule has 0 aliphatic rings. The van der Waals surface area contributed by atoms with E-state index in [4.69, 9.17) is 0 Å². The molecule has 0 radical (unpaired) electrons. The molecule has 0 amide bonds. The number of sulfonamides is 1. The highest BCUT2D eigenvalue weighted by Gasteiger charge is 2.46. The second-order valence-electron chi connectivity index (χ2n) is 3.87. The van der Waals surface area contributed by atoms with Crippen LogP contribution in [-0.2, 0) is 16.2 Å². The van der Waals surface area contributed by atoms with Crippen LogP contribution in [0.15, 0.2) is 18.2 Å². The predicted octanol–water partition coefficient (Wildman–Crippen LogP) is 3.17. The van der Waals surface area contributed by atoms with Crippen LogP contribution in [0.1, 0.15) is 22.8 Å². The first-order chi connectivity index (χ1) is 9.25. The van der Waals surface area contributed by atoms with Gasteiger partial charge in [0.25, 0.3) is 0 Å². The van der Waals surface area contributed by atoms with Crippen LogP contribution in [0, 0.1) is 0 Å². The van der Waals surface area contributed by atoms with Crippen molar-refractivity contribution in [2.24, 2.45) is 0 Å². The fraction of sp³-hybridized carbons (Fsp3) is 0.300. The van der Waals surface area contributed by atoms with Gasteiger partial charge in [0.1, 0.15) is 0 Å². The van der Waals surface area contributed by atoms with Gasteiger partial charge in [0, 0.05) is 5.56 Å². The Bertz CT molecular complexity index is 662. The molecule has 21 heavy (non-hydrogen) atoms. The standard InChI is InChI=1S/C10H7F6NO3S/c1-5(18)7-4-6(9(11,12)13)2-3-8(7)17-21(19,20)10(14,15)16/h2-4,17H,1H3. The van der Waals surface area contributed by atoms with Gasteiger partial charge in [-0.05, 0) is 25.1 Å². The lowest BCUT2D eigenvalue weighted by Crippen LogP contribution is -2.30. The lowest BCUT2D eigenvalue weighted by Gasteiger charge is -2.15. The van der Waals surface area contributed by atoms with Crippen LogP contribution in [0.5, 0.6) is 0 Å². The summed E-state index contributed by atoms with van der Waals surface area (Å²) >= 11 is 0. The number of anilines is 1. The molecule has 0 aromatic heterocycles. The molecule has 4 nitrogen and oxygen atoms in total. The lowest BCUT2D eigenvalue weighted by molar-refractivity contribution is -0.137. The van der Waals surface area contributed by atoms with E-state index in [-0.39, 0.29) is 6.07 Å². The molecular weight excluding hydrogens is 328 g/mol. The van der Waals surface area contributed by atoms with Crippen molar-refractivity contribution in [3.05, 3.63) is 29.3 Å². The van der Waals surface area contributed by atoms with E-state index < -0.39 is 44.3 Å². The third-order valence-electron chi connectivity index (χ3n) is 2.28. The summed E-state index contributed by atoms with van der Waals surface area (Å²) in [6, 6.07) is 1.08. The number of Topliss-reactive ketones (excluding diaryl/α,β-unsaturated/α-hetero) is 1. The number of ketones is 1. The molecule has 1 rings (SSSR count). The van der Waals surface area contributed by atoms with Crippen LogP contribution in [0.4, 0.5) is 32.0 Å². The number of rotatable bonds is 3. The van der Waals surface area contributed by atoms with Gasteiger partial charge < -0.3 is 0 Å². The molecule has 11 heteroatoms. The van der Waals surface area contributed by atoms with E-state index in [1.807, 2.05) is 0 Å². The molecule has 0 fully saturated rings. The summed E-state index contributed by atoms with van der Waals surface area (Å²) in [7, 11) is -5.84. The van der Waals surface area contributed by atoms with Crippen LogP contribution in [0.3, 0.4) is 0 Å². The molecule has 1 N–H and O–H groups in total. The first kappa shape index (κ1) is 17.3. The van der Waals surface area contributed by atoms with Gasteiger partial charge in [0.05, 0.1) is 11.3 Å². The summed E-state index contributed by atoms with van der Waals surface area (Å²) in [5.74, 6) is -1.03. The van der Waals surface area contributed by atoms with Crippen LogP contribution in [-0.4, -0.2) is 19.7 Å². The molecule has 0 aliphatic heterocycles. The summed E-state index contributed by atoms with van der Waals surface area (Å²) in [6.07, 6.45) is -4.83. The van der Waals surface area contributed by atoms with E-state index in [2.05, 4.69) is 0 Å². The van der Waals surface area contributed by atoms with Crippen LogP contribution in [0.2, 0.25) is 0 Å². The highest BCUT2D eigenvalue weighted by atomic mass is 32.2. The SMILES string of the molecule is CC(=O)c1cc(C(F)(F)F)ccc1NS(=O)(=O)C(F)(F)F. The normalized spacial score (nSPS) is 13.1. The summed E-state index contributed by atoms with van der Waals surface area (Å²) < 4.78 is 96.9. The van der Waals surface area contributed by atoms with Crippen molar-refractivity contribution in [2.45, 2.75) is 18.6 Å². The van der Waals surface area contributed by atoms with Crippen LogP contribution < -0.4 is 4.72 Å². The Balaban J connectivity index is 3.36. The van der Waals surface area contributed by atoms with Crippen molar-refractivity contribution in [3.8, 4) is 0 Å². The summed E-state index contributed by atoms with van der Waals surface area (Å²) in [6.45, 7) is 0.793. The Hall–Kier alpha value is -1.78. The van der Waals surface area contributed by atoms with E-state index >= 15 is 0 Å². The Morgan fingerprint density at radius 2 is 1.62 bits per heavy atom. The minimum atomic E-state index is -5.84. The van der Waals surface area contributed by atoms with Gasteiger partial charge in [-0.2, -0.15) is 34.8 Å². The van der Waals surface area contributed by atoms with Crippen molar-refractivity contribution in [2.75, 3.05) is 4.72 Å². The first-order valence-electron chi connectivity index (χ1n) is 5.07. The zero-order chi connectivity index (χ0) is 16.6. The number of alkyl halides is 6. The molecule has 0 heterocycles. The lowest BCUT2D eigenvalue weighted by atomic mass is 10.1. The zero-order valence-electron chi connectivity index (χ0n) is 10.1. The van der Waals surface area contributed by atoms with Crippen molar-refractivity contribution in [1.82, 2.24) is 0 Å². The van der Waals surface area contributed by atoms with Crippen molar-refractivity contribution in [1.29, 1.82) is 0 Å². The Labute approximate surface area is 114 Å². The van der Waals surface area contributed by atoms with Gasteiger partial charge in [0.15, 0.2) is 5.78 Å².